The first-order valence-corrected chi connectivity index (χ1v) is 8.06. The summed E-state index contributed by atoms with van der Waals surface area (Å²) in [4.78, 5) is 0. The predicted octanol–water partition coefficient (Wildman–Crippen LogP) is 5.89. The van der Waals surface area contributed by atoms with Gasteiger partial charge in [0.1, 0.15) is 0 Å². The van der Waals surface area contributed by atoms with Crippen molar-refractivity contribution in [1.29, 1.82) is 0 Å². The predicted molar refractivity (Wildman–Crippen MR) is 96.9 cm³/mol. The molecule has 0 saturated heterocycles. The van der Waals surface area contributed by atoms with Crippen LogP contribution in [0.3, 0.4) is 0 Å². The summed E-state index contributed by atoms with van der Waals surface area (Å²) in [5.41, 5.74) is 10.0. The van der Waals surface area contributed by atoms with Gasteiger partial charge in [-0.15, -0.1) is 0 Å². The van der Waals surface area contributed by atoms with Gasteiger partial charge >= 0.3 is 6.18 Å². The van der Waals surface area contributed by atoms with Gasteiger partial charge in [-0.05, 0) is 61.1 Å². The van der Waals surface area contributed by atoms with Gasteiger partial charge in [0, 0.05) is 5.70 Å². The van der Waals surface area contributed by atoms with Crippen LogP contribution in [0, 0.1) is 6.92 Å². The Morgan fingerprint density at radius 1 is 1.00 bits per heavy atom. The number of alkyl halides is 3. The minimum atomic E-state index is -4.36. The molecule has 25 heavy (non-hydrogen) atoms. The van der Waals surface area contributed by atoms with Gasteiger partial charge in [-0.3, -0.25) is 0 Å². The van der Waals surface area contributed by atoms with Gasteiger partial charge in [-0.1, -0.05) is 48.5 Å². The molecular weight excluding hydrogens is 323 g/mol. The van der Waals surface area contributed by atoms with Gasteiger partial charge in [-0.25, -0.2) is 0 Å². The summed E-state index contributed by atoms with van der Waals surface area (Å²) in [6, 6.07) is 13.5. The quantitative estimate of drug-likeness (QED) is 0.687. The SMILES string of the molecule is C/C(N)=C(C)/C(=C\Cc1ccccc1C(F)(F)F)c1ccccc1C. The fourth-order valence-corrected chi connectivity index (χ4v) is 2.74. The number of aryl methyl sites for hydroxylation is 1. The molecule has 0 atom stereocenters. The topological polar surface area (TPSA) is 26.0 Å². The highest BCUT2D eigenvalue weighted by molar-refractivity contribution is 5.80. The largest absolute Gasteiger partial charge is 0.416 e. The molecule has 0 radical (unpaired) electrons. The Labute approximate surface area is 146 Å². The molecule has 132 valence electrons. The second-order valence-corrected chi connectivity index (χ2v) is 6.10. The van der Waals surface area contributed by atoms with Crippen molar-refractivity contribution < 1.29 is 13.2 Å². The van der Waals surface area contributed by atoms with Crippen LogP contribution < -0.4 is 5.73 Å². The Balaban J connectivity index is 2.51. The smallest absolute Gasteiger partial charge is 0.402 e. The van der Waals surface area contributed by atoms with E-state index in [1.165, 1.54) is 12.1 Å². The third kappa shape index (κ3) is 4.53. The minimum Gasteiger partial charge on any atom is -0.402 e. The van der Waals surface area contributed by atoms with E-state index in [2.05, 4.69) is 0 Å². The van der Waals surface area contributed by atoms with E-state index in [0.717, 1.165) is 28.3 Å². The Morgan fingerprint density at radius 3 is 2.20 bits per heavy atom. The highest BCUT2D eigenvalue weighted by Gasteiger charge is 2.32. The molecule has 0 unspecified atom stereocenters. The molecule has 2 aromatic rings. The monoisotopic (exact) mass is 345 g/mol. The number of hydrogen-bond donors (Lipinski definition) is 1. The van der Waals surface area contributed by atoms with Crippen LogP contribution in [-0.4, -0.2) is 0 Å². The van der Waals surface area contributed by atoms with E-state index in [0.29, 0.717) is 5.70 Å². The van der Waals surface area contributed by atoms with Crippen LogP contribution in [0.5, 0.6) is 0 Å². The molecule has 0 aliphatic rings. The van der Waals surface area contributed by atoms with Crippen LogP contribution >= 0.6 is 0 Å². The second-order valence-electron chi connectivity index (χ2n) is 6.10. The van der Waals surface area contributed by atoms with Gasteiger partial charge < -0.3 is 5.73 Å². The Morgan fingerprint density at radius 2 is 1.60 bits per heavy atom. The van der Waals surface area contributed by atoms with Gasteiger partial charge in [0.15, 0.2) is 0 Å². The van der Waals surface area contributed by atoms with E-state index in [1.807, 2.05) is 44.2 Å². The van der Waals surface area contributed by atoms with E-state index in [9.17, 15) is 13.2 Å². The lowest BCUT2D eigenvalue weighted by atomic mass is 9.92. The van der Waals surface area contributed by atoms with E-state index >= 15 is 0 Å². The third-order valence-corrected chi connectivity index (χ3v) is 4.28. The number of rotatable bonds is 4. The lowest BCUT2D eigenvalue weighted by Gasteiger charge is -2.15. The second kappa shape index (κ2) is 7.60. The summed E-state index contributed by atoms with van der Waals surface area (Å²) in [6.45, 7) is 5.67. The average molecular weight is 345 g/mol. The molecule has 2 rings (SSSR count). The van der Waals surface area contributed by atoms with Crippen molar-refractivity contribution in [2.75, 3.05) is 0 Å². The number of nitrogens with two attached hydrogens (primary N) is 1. The van der Waals surface area contributed by atoms with Gasteiger partial charge in [0.25, 0.3) is 0 Å². The minimum absolute atomic E-state index is 0.184. The van der Waals surface area contributed by atoms with Gasteiger partial charge in [0.2, 0.25) is 0 Å². The van der Waals surface area contributed by atoms with Crippen LogP contribution in [0.4, 0.5) is 13.2 Å². The summed E-state index contributed by atoms with van der Waals surface area (Å²) < 4.78 is 39.6. The first-order chi connectivity index (χ1) is 11.7. The van der Waals surface area contributed by atoms with E-state index in [-0.39, 0.29) is 12.0 Å². The highest BCUT2D eigenvalue weighted by atomic mass is 19.4. The van der Waals surface area contributed by atoms with Gasteiger partial charge in [0.05, 0.1) is 5.56 Å². The van der Waals surface area contributed by atoms with Crippen LogP contribution in [0.1, 0.15) is 36.1 Å². The maximum atomic E-state index is 13.2. The summed E-state index contributed by atoms with van der Waals surface area (Å²) in [7, 11) is 0. The molecule has 0 fully saturated rings. The zero-order chi connectivity index (χ0) is 18.6. The van der Waals surface area contributed by atoms with Crippen LogP contribution in [0.2, 0.25) is 0 Å². The standard InChI is InChI=1S/C21H22F3N/c1-14-8-4-6-10-18(14)19(15(2)16(3)25)13-12-17-9-5-7-11-20(17)21(22,23)24/h4-11,13H,12,25H2,1-3H3/b16-15-,19-13+. The van der Waals surface area contributed by atoms with Crippen LogP contribution in [0.25, 0.3) is 5.57 Å². The van der Waals surface area contributed by atoms with E-state index in [1.54, 1.807) is 13.0 Å². The van der Waals surface area contributed by atoms with Crippen molar-refractivity contribution >= 4 is 5.57 Å². The summed E-state index contributed by atoms with van der Waals surface area (Å²) >= 11 is 0. The van der Waals surface area contributed by atoms with Crippen molar-refractivity contribution in [1.82, 2.24) is 0 Å². The molecule has 4 heteroatoms. The van der Waals surface area contributed by atoms with Crippen molar-refractivity contribution in [3.05, 3.63) is 88.1 Å². The zero-order valence-electron chi connectivity index (χ0n) is 14.6. The van der Waals surface area contributed by atoms with Crippen molar-refractivity contribution in [3.63, 3.8) is 0 Å². The summed E-state index contributed by atoms with van der Waals surface area (Å²) in [5.74, 6) is 0. The zero-order valence-corrected chi connectivity index (χ0v) is 14.6. The number of allylic oxidation sites excluding steroid dienone is 4. The maximum absolute atomic E-state index is 13.2. The van der Waals surface area contributed by atoms with E-state index in [4.69, 9.17) is 5.73 Å². The Kier molecular flexibility index (Phi) is 5.73. The van der Waals surface area contributed by atoms with Gasteiger partial charge in [-0.2, -0.15) is 13.2 Å². The molecule has 0 aliphatic heterocycles. The normalized spacial score (nSPS) is 13.6. The fraction of sp³-hybridized carbons (Fsp3) is 0.238. The number of benzene rings is 2. The molecular formula is C21H22F3N. The average Bonchev–Trinajstić information content (AvgIpc) is 2.55. The van der Waals surface area contributed by atoms with Crippen molar-refractivity contribution in [3.8, 4) is 0 Å². The van der Waals surface area contributed by atoms with E-state index < -0.39 is 11.7 Å². The fourth-order valence-electron chi connectivity index (χ4n) is 2.74. The molecule has 2 N–H and O–H groups in total. The maximum Gasteiger partial charge on any atom is 0.416 e. The van der Waals surface area contributed by atoms with Crippen molar-refractivity contribution in [2.45, 2.75) is 33.4 Å². The molecule has 0 aliphatic carbocycles. The summed E-state index contributed by atoms with van der Waals surface area (Å²) in [6.07, 6.45) is -2.34. The Hall–Kier alpha value is -2.49. The molecule has 0 aromatic heterocycles. The number of halogens is 3. The molecule has 0 saturated carbocycles. The molecule has 0 amide bonds. The first-order valence-electron chi connectivity index (χ1n) is 8.06. The molecule has 0 bridgehead atoms. The van der Waals surface area contributed by atoms with Crippen LogP contribution in [0.15, 0.2) is 65.9 Å². The Bertz CT molecular complexity index is 810. The molecule has 2 aromatic carbocycles. The summed E-state index contributed by atoms with van der Waals surface area (Å²) in [5, 5.41) is 0. The molecule has 1 nitrogen and oxygen atoms in total. The first kappa shape index (κ1) is 18.8. The lowest BCUT2D eigenvalue weighted by molar-refractivity contribution is -0.138. The highest BCUT2D eigenvalue weighted by Crippen LogP contribution is 2.33. The molecule has 0 spiro atoms. The third-order valence-electron chi connectivity index (χ3n) is 4.28. The van der Waals surface area contributed by atoms with Crippen LogP contribution in [-0.2, 0) is 12.6 Å². The number of hydrogen-bond acceptors (Lipinski definition) is 1. The van der Waals surface area contributed by atoms with Crippen molar-refractivity contribution in [2.24, 2.45) is 5.73 Å². The lowest BCUT2D eigenvalue weighted by Crippen LogP contribution is -2.08. The molecule has 0 heterocycles.